The number of nitrogens with zero attached hydrogens (tertiary/aromatic N) is 4. The van der Waals surface area contributed by atoms with Crippen LogP contribution in [-0.2, 0) is 0 Å². The fourth-order valence-electron chi connectivity index (χ4n) is 3.51. The SMILES string of the molecule is CCN(CC)C(=O)c1cncc(C(=O)N2CCN(c3ccc(OC)cc3)CC2)c1. The number of rotatable bonds is 6. The molecule has 1 aliphatic heterocycles. The third kappa shape index (κ3) is 4.67. The van der Waals surface area contributed by atoms with E-state index in [4.69, 9.17) is 4.74 Å². The van der Waals surface area contributed by atoms with Crippen LogP contribution in [0.5, 0.6) is 5.75 Å². The highest BCUT2D eigenvalue weighted by molar-refractivity contribution is 5.99. The molecule has 7 heteroatoms. The maximum atomic E-state index is 12.9. The molecule has 29 heavy (non-hydrogen) atoms. The molecule has 0 atom stereocenters. The van der Waals surface area contributed by atoms with E-state index in [0.29, 0.717) is 37.3 Å². The smallest absolute Gasteiger partial charge is 0.255 e. The average molecular weight is 396 g/mol. The summed E-state index contributed by atoms with van der Waals surface area (Å²) < 4.78 is 5.21. The second-order valence-electron chi connectivity index (χ2n) is 6.92. The van der Waals surface area contributed by atoms with Gasteiger partial charge in [-0.1, -0.05) is 0 Å². The summed E-state index contributed by atoms with van der Waals surface area (Å²) in [4.78, 5) is 35.4. The number of pyridine rings is 1. The van der Waals surface area contributed by atoms with Gasteiger partial charge in [0.2, 0.25) is 0 Å². The van der Waals surface area contributed by atoms with Crippen LogP contribution in [0.25, 0.3) is 0 Å². The third-order valence-corrected chi connectivity index (χ3v) is 5.29. The van der Waals surface area contributed by atoms with E-state index in [-0.39, 0.29) is 11.8 Å². The second kappa shape index (κ2) is 9.41. The molecule has 0 N–H and O–H groups in total. The highest BCUT2D eigenvalue weighted by Gasteiger charge is 2.24. The summed E-state index contributed by atoms with van der Waals surface area (Å²) in [5.41, 5.74) is 2.03. The molecule has 1 aromatic carbocycles. The summed E-state index contributed by atoms with van der Waals surface area (Å²) >= 11 is 0. The summed E-state index contributed by atoms with van der Waals surface area (Å²) in [6.07, 6.45) is 3.07. The van der Waals surface area contributed by atoms with Gasteiger partial charge in [-0.3, -0.25) is 14.6 Å². The lowest BCUT2D eigenvalue weighted by atomic mass is 10.1. The van der Waals surface area contributed by atoms with Crippen LogP contribution in [0.3, 0.4) is 0 Å². The normalized spacial score (nSPS) is 13.9. The van der Waals surface area contributed by atoms with Crippen molar-refractivity contribution in [2.24, 2.45) is 0 Å². The Kier molecular flexibility index (Phi) is 6.69. The predicted molar refractivity (Wildman–Crippen MR) is 113 cm³/mol. The molecule has 0 bridgehead atoms. The Labute approximate surface area is 171 Å². The van der Waals surface area contributed by atoms with Crippen LogP contribution in [0.15, 0.2) is 42.7 Å². The summed E-state index contributed by atoms with van der Waals surface area (Å²) in [5.74, 6) is 0.650. The van der Waals surface area contributed by atoms with E-state index in [9.17, 15) is 9.59 Å². The van der Waals surface area contributed by atoms with Crippen molar-refractivity contribution in [1.82, 2.24) is 14.8 Å². The van der Waals surface area contributed by atoms with E-state index >= 15 is 0 Å². The van der Waals surface area contributed by atoms with Crippen LogP contribution in [-0.4, -0.2) is 73.0 Å². The van der Waals surface area contributed by atoms with Crippen molar-refractivity contribution in [3.63, 3.8) is 0 Å². The number of benzene rings is 1. The fraction of sp³-hybridized carbons (Fsp3) is 0.409. The van der Waals surface area contributed by atoms with Crippen LogP contribution < -0.4 is 9.64 Å². The molecule has 2 aromatic rings. The summed E-state index contributed by atoms with van der Waals surface area (Å²) in [6.45, 7) is 7.88. The lowest BCUT2D eigenvalue weighted by Crippen LogP contribution is -2.48. The Morgan fingerprint density at radius 2 is 1.62 bits per heavy atom. The number of carbonyl (C=O) groups excluding carboxylic acids is 2. The molecule has 1 fully saturated rings. The van der Waals surface area contributed by atoms with E-state index in [0.717, 1.165) is 24.5 Å². The van der Waals surface area contributed by atoms with E-state index in [1.54, 1.807) is 18.1 Å². The standard InChI is InChI=1S/C22H28N4O3/c1-4-24(5-2)21(27)17-14-18(16-23-15-17)22(28)26-12-10-25(11-13-26)19-6-8-20(29-3)9-7-19/h6-9,14-16H,4-5,10-13H2,1-3H3. The Bertz CT molecular complexity index is 841. The van der Waals surface area contributed by atoms with Gasteiger partial charge in [0.05, 0.1) is 18.2 Å². The molecule has 0 aliphatic carbocycles. The highest BCUT2D eigenvalue weighted by atomic mass is 16.5. The van der Waals surface area contributed by atoms with Crippen molar-refractivity contribution in [3.8, 4) is 5.75 Å². The van der Waals surface area contributed by atoms with Gasteiger partial charge in [0, 0.05) is 57.3 Å². The lowest BCUT2D eigenvalue weighted by Gasteiger charge is -2.36. The van der Waals surface area contributed by atoms with E-state index in [1.165, 1.54) is 12.4 Å². The number of hydrogen-bond donors (Lipinski definition) is 0. The minimum absolute atomic E-state index is 0.0823. The number of piperazine rings is 1. The first-order chi connectivity index (χ1) is 14.1. The molecule has 3 rings (SSSR count). The summed E-state index contributed by atoms with van der Waals surface area (Å²) in [6, 6.07) is 9.60. The zero-order chi connectivity index (χ0) is 20.8. The minimum atomic E-state index is -0.0959. The number of carbonyl (C=O) groups is 2. The lowest BCUT2D eigenvalue weighted by molar-refractivity contribution is 0.0746. The Morgan fingerprint density at radius 3 is 2.21 bits per heavy atom. The number of ether oxygens (including phenoxy) is 1. The van der Waals surface area contributed by atoms with Crippen molar-refractivity contribution in [3.05, 3.63) is 53.9 Å². The van der Waals surface area contributed by atoms with Crippen LogP contribution in [0, 0.1) is 0 Å². The molecule has 0 unspecified atom stereocenters. The van der Waals surface area contributed by atoms with Gasteiger partial charge in [-0.25, -0.2) is 0 Å². The quantitative estimate of drug-likeness (QED) is 0.751. The summed E-state index contributed by atoms with van der Waals surface area (Å²) in [7, 11) is 1.65. The largest absolute Gasteiger partial charge is 0.497 e. The molecule has 2 heterocycles. The molecule has 0 spiro atoms. The Morgan fingerprint density at radius 1 is 1.00 bits per heavy atom. The highest BCUT2D eigenvalue weighted by Crippen LogP contribution is 2.21. The predicted octanol–water partition coefficient (Wildman–Crippen LogP) is 2.53. The van der Waals surface area contributed by atoms with E-state index in [2.05, 4.69) is 9.88 Å². The molecule has 7 nitrogen and oxygen atoms in total. The monoisotopic (exact) mass is 396 g/mol. The van der Waals surface area contributed by atoms with E-state index < -0.39 is 0 Å². The molecule has 2 amide bonds. The maximum Gasteiger partial charge on any atom is 0.255 e. The van der Waals surface area contributed by atoms with Crippen molar-refractivity contribution in [2.75, 3.05) is 51.3 Å². The molecule has 0 radical (unpaired) electrons. The molecular formula is C22H28N4O3. The molecule has 1 saturated heterocycles. The van der Waals surface area contributed by atoms with Gasteiger partial charge < -0.3 is 19.4 Å². The average Bonchev–Trinajstić information content (AvgIpc) is 2.79. The van der Waals surface area contributed by atoms with Gasteiger partial charge in [0.15, 0.2) is 0 Å². The van der Waals surface area contributed by atoms with Gasteiger partial charge in [0.1, 0.15) is 5.75 Å². The molecular weight excluding hydrogens is 368 g/mol. The van der Waals surface area contributed by atoms with Crippen molar-refractivity contribution in [1.29, 1.82) is 0 Å². The first-order valence-corrected chi connectivity index (χ1v) is 10.00. The van der Waals surface area contributed by atoms with Gasteiger partial charge in [0.25, 0.3) is 11.8 Å². The number of methoxy groups -OCH3 is 1. The van der Waals surface area contributed by atoms with E-state index in [1.807, 2.05) is 43.0 Å². The minimum Gasteiger partial charge on any atom is -0.497 e. The van der Waals surface area contributed by atoms with Crippen LogP contribution in [0.2, 0.25) is 0 Å². The van der Waals surface area contributed by atoms with Crippen LogP contribution in [0.4, 0.5) is 5.69 Å². The zero-order valence-corrected chi connectivity index (χ0v) is 17.3. The van der Waals surface area contributed by atoms with Crippen LogP contribution >= 0.6 is 0 Å². The van der Waals surface area contributed by atoms with Crippen molar-refractivity contribution >= 4 is 17.5 Å². The Hall–Kier alpha value is -3.09. The molecule has 1 aliphatic rings. The zero-order valence-electron chi connectivity index (χ0n) is 17.3. The second-order valence-corrected chi connectivity index (χ2v) is 6.92. The Balaban J connectivity index is 1.64. The van der Waals surface area contributed by atoms with Gasteiger partial charge in [-0.15, -0.1) is 0 Å². The third-order valence-electron chi connectivity index (χ3n) is 5.29. The first-order valence-electron chi connectivity index (χ1n) is 10.00. The van der Waals surface area contributed by atoms with Gasteiger partial charge >= 0.3 is 0 Å². The van der Waals surface area contributed by atoms with Crippen LogP contribution in [0.1, 0.15) is 34.6 Å². The fourth-order valence-corrected chi connectivity index (χ4v) is 3.51. The number of hydrogen-bond acceptors (Lipinski definition) is 5. The van der Waals surface area contributed by atoms with Gasteiger partial charge in [-0.05, 0) is 44.2 Å². The molecule has 0 saturated carbocycles. The number of anilines is 1. The van der Waals surface area contributed by atoms with Crippen molar-refractivity contribution in [2.45, 2.75) is 13.8 Å². The topological polar surface area (TPSA) is 66.0 Å². The number of amides is 2. The molecule has 1 aromatic heterocycles. The maximum absolute atomic E-state index is 12.9. The van der Waals surface area contributed by atoms with Crippen molar-refractivity contribution < 1.29 is 14.3 Å². The number of aromatic nitrogens is 1. The first kappa shape index (κ1) is 20.6. The van der Waals surface area contributed by atoms with Gasteiger partial charge in [-0.2, -0.15) is 0 Å². The molecule has 154 valence electrons. The summed E-state index contributed by atoms with van der Waals surface area (Å²) in [5, 5.41) is 0.